The Balaban J connectivity index is 1.43. The van der Waals surface area contributed by atoms with Gasteiger partial charge in [0.05, 0.1) is 11.9 Å². The molecule has 3 rings (SSSR count). The molecule has 1 aromatic carbocycles. The fourth-order valence-corrected chi connectivity index (χ4v) is 4.63. The first-order valence-corrected chi connectivity index (χ1v) is 10.9. The van der Waals surface area contributed by atoms with E-state index in [1.165, 1.54) is 23.9 Å². The summed E-state index contributed by atoms with van der Waals surface area (Å²) in [6.07, 6.45) is 1.49. The molecule has 2 saturated heterocycles. The predicted molar refractivity (Wildman–Crippen MR) is 108 cm³/mol. The van der Waals surface area contributed by atoms with Crippen molar-refractivity contribution in [3.8, 4) is 0 Å². The Bertz CT molecular complexity index is 738. The highest BCUT2D eigenvalue weighted by Gasteiger charge is 2.34. The zero-order valence-corrected chi connectivity index (χ0v) is 17.2. The highest BCUT2D eigenvalue weighted by Crippen LogP contribution is 2.22. The van der Waals surface area contributed by atoms with Crippen LogP contribution < -0.4 is 10.6 Å². The third kappa shape index (κ3) is 5.85. The van der Waals surface area contributed by atoms with Gasteiger partial charge in [-0.1, -0.05) is 12.1 Å². The van der Waals surface area contributed by atoms with Crippen LogP contribution in [0, 0.1) is 5.82 Å². The fourth-order valence-electron chi connectivity index (χ4n) is 3.44. The molecule has 1 aromatic rings. The Labute approximate surface area is 173 Å². The summed E-state index contributed by atoms with van der Waals surface area (Å²) in [4.78, 5) is 38.3. The average molecular weight is 424 g/mol. The molecule has 0 aromatic heterocycles. The monoisotopic (exact) mass is 423 g/mol. The zero-order chi connectivity index (χ0) is 20.8. The molecule has 0 radical (unpaired) electrons. The van der Waals surface area contributed by atoms with Crippen LogP contribution in [0.25, 0.3) is 0 Å². The number of hydrogen-bond donors (Lipinski definition) is 2. The molecular formula is C20H26FN3O4S. The van der Waals surface area contributed by atoms with E-state index >= 15 is 0 Å². The third-order valence-electron chi connectivity index (χ3n) is 5.09. The Morgan fingerprint density at radius 2 is 1.97 bits per heavy atom. The molecule has 2 atom stereocenters. The van der Waals surface area contributed by atoms with Gasteiger partial charge in [-0.3, -0.25) is 9.59 Å². The van der Waals surface area contributed by atoms with Crippen molar-refractivity contribution in [2.75, 3.05) is 25.4 Å². The maximum atomic E-state index is 13.0. The molecule has 158 valence electrons. The molecule has 29 heavy (non-hydrogen) atoms. The molecule has 7 nitrogen and oxygen atoms in total. The first-order chi connectivity index (χ1) is 14.0. The van der Waals surface area contributed by atoms with Crippen LogP contribution in [0.3, 0.4) is 0 Å². The van der Waals surface area contributed by atoms with Crippen LogP contribution in [0.2, 0.25) is 0 Å². The van der Waals surface area contributed by atoms with E-state index in [2.05, 4.69) is 10.6 Å². The normalized spacial score (nSPS) is 22.7. The topological polar surface area (TPSA) is 87.7 Å². The summed E-state index contributed by atoms with van der Waals surface area (Å²) in [6, 6.07) is 5.51. The molecule has 2 fully saturated rings. The van der Waals surface area contributed by atoms with Gasteiger partial charge in [-0.05, 0) is 43.9 Å². The van der Waals surface area contributed by atoms with Crippen molar-refractivity contribution in [1.29, 1.82) is 0 Å². The summed E-state index contributed by atoms with van der Waals surface area (Å²) < 4.78 is 18.0. The van der Waals surface area contributed by atoms with E-state index in [-0.39, 0.29) is 35.0 Å². The first kappa shape index (κ1) is 21.4. The Morgan fingerprint density at radius 1 is 1.28 bits per heavy atom. The number of nitrogens with one attached hydrogen (secondary N) is 2. The van der Waals surface area contributed by atoms with E-state index < -0.39 is 6.04 Å². The highest BCUT2D eigenvalue weighted by molar-refractivity contribution is 8.00. The molecule has 3 amide bonds. The number of piperidine rings is 1. The number of nitrogens with zero attached hydrogens (tertiary/aromatic N) is 1. The smallest absolute Gasteiger partial charge is 0.409 e. The number of halogens is 1. The van der Waals surface area contributed by atoms with Gasteiger partial charge in [0.1, 0.15) is 11.9 Å². The van der Waals surface area contributed by atoms with Crippen LogP contribution in [0.1, 0.15) is 25.3 Å². The van der Waals surface area contributed by atoms with E-state index in [0.717, 1.165) is 5.56 Å². The van der Waals surface area contributed by atoms with Crippen molar-refractivity contribution >= 4 is 29.7 Å². The number of likely N-dealkylation sites (tertiary alicyclic amines) is 1. The first-order valence-electron chi connectivity index (χ1n) is 9.84. The number of carbonyl (C=O) groups is 3. The second kappa shape index (κ2) is 9.96. The van der Waals surface area contributed by atoms with Gasteiger partial charge in [-0.25, -0.2) is 9.18 Å². The number of amides is 3. The quantitative estimate of drug-likeness (QED) is 0.753. The van der Waals surface area contributed by atoms with Crippen LogP contribution in [0.4, 0.5) is 9.18 Å². The van der Waals surface area contributed by atoms with Crippen molar-refractivity contribution in [1.82, 2.24) is 15.5 Å². The third-order valence-corrected chi connectivity index (χ3v) is 6.40. The van der Waals surface area contributed by atoms with Gasteiger partial charge >= 0.3 is 6.09 Å². The van der Waals surface area contributed by atoms with E-state index in [1.807, 2.05) is 0 Å². The van der Waals surface area contributed by atoms with Crippen molar-refractivity contribution in [3.05, 3.63) is 35.6 Å². The van der Waals surface area contributed by atoms with E-state index in [0.29, 0.717) is 44.7 Å². The molecule has 0 unspecified atom stereocenters. The minimum atomic E-state index is -0.569. The zero-order valence-electron chi connectivity index (χ0n) is 16.4. The molecule has 9 heteroatoms. The molecular weight excluding hydrogens is 397 g/mol. The summed E-state index contributed by atoms with van der Waals surface area (Å²) in [7, 11) is 0. The molecule has 0 bridgehead atoms. The van der Waals surface area contributed by atoms with Gasteiger partial charge in [-0.2, -0.15) is 0 Å². The minimum Gasteiger partial charge on any atom is -0.450 e. The summed E-state index contributed by atoms with van der Waals surface area (Å²) >= 11 is 1.44. The van der Waals surface area contributed by atoms with Gasteiger partial charge in [0.15, 0.2) is 0 Å². The van der Waals surface area contributed by atoms with Crippen molar-refractivity contribution in [2.45, 2.75) is 43.5 Å². The molecule has 2 aliphatic heterocycles. The lowest BCUT2D eigenvalue weighted by atomic mass is 10.0. The predicted octanol–water partition coefficient (Wildman–Crippen LogP) is 1.71. The number of benzene rings is 1. The van der Waals surface area contributed by atoms with Crippen molar-refractivity contribution in [2.24, 2.45) is 0 Å². The molecule has 0 spiro atoms. The fraction of sp³-hybridized carbons (Fsp3) is 0.550. The number of hydrogen-bond acceptors (Lipinski definition) is 5. The van der Waals surface area contributed by atoms with E-state index in [1.54, 1.807) is 24.0 Å². The summed E-state index contributed by atoms with van der Waals surface area (Å²) in [5, 5.41) is 5.49. The summed E-state index contributed by atoms with van der Waals surface area (Å²) in [6.45, 7) is 3.19. The van der Waals surface area contributed by atoms with Crippen molar-refractivity contribution in [3.63, 3.8) is 0 Å². The lowest BCUT2D eigenvalue weighted by Crippen LogP contribution is -2.57. The van der Waals surface area contributed by atoms with Gasteiger partial charge < -0.3 is 20.3 Å². The second-order valence-corrected chi connectivity index (χ2v) is 8.42. The van der Waals surface area contributed by atoms with Crippen LogP contribution in [-0.4, -0.2) is 65.6 Å². The van der Waals surface area contributed by atoms with Gasteiger partial charge in [-0.15, -0.1) is 11.8 Å². The Hall–Kier alpha value is -2.29. The van der Waals surface area contributed by atoms with E-state index in [9.17, 15) is 18.8 Å². The number of ether oxygens (including phenoxy) is 1. The van der Waals surface area contributed by atoms with Gasteiger partial charge in [0, 0.05) is 24.9 Å². The maximum absolute atomic E-state index is 13.0. The van der Waals surface area contributed by atoms with Crippen LogP contribution in [0.15, 0.2) is 24.3 Å². The average Bonchev–Trinajstić information content (AvgIpc) is 2.71. The Kier molecular flexibility index (Phi) is 7.35. The number of thioether (sulfide) groups is 1. The van der Waals surface area contributed by atoms with Crippen LogP contribution >= 0.6 is 11.8 Å². The standard InChI is InChI=1S/C20H26FN3O4S/c1-2-28-20(27)24-9-7-15(8-10-24)22-18(25)16-12-29-17(19(26)23-16)11-13-3-5-14(21)6-4-13/h3-6,15-17H,2,7-12H2,1H3,(H,22,25)(H,23,26)/t16-,17+/m0/s1. The Morgan fingerprint density at radius 3 is 2.59 bits per heavy atom. The van der Waals surface area contributed by atoms with Gasteiger partial charge in [0.25, 0.3) is 0 Å². The lowest BCUT2D eigenvalue weighted by Gasteiger charge is -2.33. The lowest BCUT2D eigenvalue weighted by molar-refractivity contribution is -0.129. The highest BCUT2D eigenvalue weighted by atomic mass is 32.2. The van der Waals surface area contributed by atoms with Crippen LogP contribution in [-0.2, 0) is 20.7 Å². The number of carbonyl (C=O) groups excluding carboxylic acids is 3. The second-order valence-electron chi connectivity index (χ2n) is 7.18. The SMILES string of the molecule is CCOC(=O)N1CCC(NC(=O)[C@@H]2CS[C@H](Cc3ccc(F)cc3)C(=O)N2)CC1. The molecule has 2 N–H and O–H groups in total. The summed E-state index contributed by atoms with van der Waals surface area (Å²) in [5.74, 6) is -0.187. The van der Waals surface area contributed by atoms with E-state index in [4.69, 9.17) is 4.74 Å². The van der Waals surface area contributed by atoms with Crippen LogP contribution in [0.5, 0.6) is 0 Å². The molecule has 0 saturated carbocycles. The maximum Gasteiger partial charge on any atom is 0.409 e. The minimum absolute atomic E-state index is 0.0213. The molecule has 2 heterocycles. The van der Waals surface area contributed by atoms with Crippen molar-refractivity contribution < 1.29 is 23.5 Å². The number of rotatable bonds is 5. The summed E-state index contributed by atoms with van der Waals surface area (Å²) in [5.41, 5.74) is 0.885. The molecule has 2 aliphatic rings. The largest absolute Gasteiger partial charge is 0.450 e. The van der Waals surface area contributed by atoms with Gasteiger partial charge in [0.2, 0.25) is 11.8 Å². The molecule has 0 aliphatic carbocycles.